The molecule has 3 aromatic rings. The smallest absolute Gasteiger partial charge is 0.331 e. The Labute approximate surface area is 174 Å². The van der Waals surface area contributed by atoms with Crippen molar-refractivity contribution >= 4 is 26.8 Å². The van der Waals surface area contributed by atoms with Crippen molar-refractivity contribution in [1.82, 2.24) is 14.5 Å². The van der Waals surface area contributed by atoms with Crippen LogP contribution in [0.5, 0.6) is 0 Å². The summed E-state index contributed by atoms with van der Waals surface area (Å²) in [5.41, 5.74) is 1.56. The first-order chi connectivity index (χ1) is 13.7. The van der Waals surface area contributed by atoms with Crippen LogP contribution < -0.4 is 5.49 Å². The summed E-state index contributed by atoms with van der Waals surface area (Å²) in [6, 6.07) is 5.62. The van der Waals surface area contributed by atoms with E-state index >= 15 is 0 Å². The number of fused-ring (bicyclic) bond motifs is 1. The molecule has 0 spiro atoms. The van der Waals surface area contributed by atoms with Gasteiger partial charge in [-0.05, 0) is 65.9 Å². The van der Waals surface area contributed by atoms with E-state index in [-0.39, 0.29) is 5.56 Å². The molecular formula is C21H20BrF3N4. The third kappa shape index (κ3) is 3.82. The molecule has 0 aliphatic heterocycles. The third-order valence-corrected chi connectivity index (χ3v) is 5.84. The van der Waals surface area contributed by atoms with Crippen LogP contribution in [-0.2, 0) is 13.2 Å². The first kappa shape index (κ1) is 20.1. The highest BCUT2D eigenvalue weighted by atomic mass is 79.9. The Balaban J connectivity index is 1.91. The van der Waals surface area contributed by atoms with Gasteiger partial charge in [0.25, 0.3) is 0 Å². The highest BCUT2D eigenvalue weighted by Gasteiger charge is 2.33. The minimum absolute atomic E-state index is 0.201. The summed E-state index contributed by atoms with van der Waals surface area (Å²) < 4.78 is 42.6. The zero-order valence-corrected chi connectivity index (χ0v) is 17.8. The molecule has 0 bridgehead atoms. The van der Waals surface area contributed by atoms with Gasteiger partial charge in [-0.1, -0.05) is 12.1 Å². The number of nitrogens with zero attached hydrogens (tertiary/aromatic N) is 4. The molecule has 1 fully saturated rings. The summed E-state index contributed by atoms with van der Waals surface area (Å²) in [5, 5.41) is 0.815. The fourth-order valence-corrected chi connectivity index (χ4v) is 4.04. The van der Waals surface area contributed by atoms with Gasteiger partial charge in [-0.3, -0.25) is 4.99 Å². The van der Waals surface area contributed by atoms with Gasteiger partial charge in [-0.25, -0.2) is 9.97 Å². The number of aromatic nitrogens is 3. The quantitative estimate of drug-likeness (QED) is 0.473. The van der Waals surface area contributed by atoms with Crippen LogP contribution in [0.1, 0.15) is 54.2 Å². The lowest BCUT2D eigenvalue weighted by Crippen LogP contribution is -2.19. The molecule has 2 aromatic heterocycles. The Morgan fingerprint density at radius 1 is 1.28 bits per heavy atom. The Bertz CT molecular complexity index is 1160. The van der Waals surface area contributed by atoms with E-state index in [1.807, 2.05) is 17.7 Å². The average molecular weight is 465 g/mol. The van der Waals surface area contributed by atoms with Crippen molar-refractivity contribution in [3.05, 3.63) is 63.1 Å². The second-order valence-corrected chi connectivity index (χ2v) is 8.29. The molecule has 0 N–H and O–H groups in total. The number of alkyl halides is 3. The molecule has 4 nitrogen and oxygen atoms in total. The number of aryl methyl sites for hydroxylation is 1. The topological polar surface area (TPSA) is 43.1 Å². The third-order valence-electron chi connectivity index (χ3n) is 5.41. The van der Waals surface area contributed by atoms with Gasteiger partial charge in [-0.15, -0.1) is 0 Å². The van der Waals surface area contributed by atoms with E-state index < -0.39 is 17.8 Å². The molecule has 1 aliphatic rings. The number of hydrogen-bond acceptors (Lipinski definition) is 3. The summed E-state index contributed by atoms with van der Waals surface area (Å²) in [6.07, 6.45) is -0.455. The maximum atomic E-state index is 13.3. The second-order valence-electron chi connectivity index (χ2n) is 7.47. The summed E-state index contributed by atoms with van der Waals surface area (Å²) in [5.74, 6) is 1.33. The summed E-state index contributed by atoms with van der Waals surface area (Å²) in [6.45, 7) is 3.30. The molecule has 0 amide bonds. The lowest BCUT2D eigenvalue weighted by atomic mass is 9.97. The van der Waals surface area contributed by atoms with E-state index in [0.29, 0.717) is 21.6 Å². The van der Waals surface area contributed by atoms with Crippen molar-refractivity contribution in [2.75, 3.05) is 0 Å². The van der Waals surface area contributed by atoms with E-state index in [9.17, 15) is 13.2 Å². The molecule has 1 aliphatic carbocycles. The lowest BCUT2D eigenvalue weighted by molar-refractivity contribution is -0.138. The number of rotatable bonds is 3. The molecule has 4 rings (SSSR count). The van der Waals surface area contributed by atoms with Crippen LogP contribution in [-0.4, -0.2) is 14.5 Å². The Hall–Kier alpha value is -2.22. The van der Waals surface area contributed by atoms with Crippen LogP contribution >= 0.6 is 15.9 Å². The first-order valence-electron chi connectivity index (χ1n) is 9.39. The molecule has 1 atom stereocenters. The fourth-order valence-electron chi connectivity index (χ4n) is 3.71. The molecule has 0 saturated heterocycles. The average Bonchev–Trinajstić information content (AvgIpc) is 3.48. The molecular weight excluding hydrogens is 445 g/mol. The Kier molecular flexibility index (Phi) is 5.01. The van der Waals surface area contributed by atoms with Crippen LogP contribution in [0.3, 0.4) is 0 Å². The van der Waals surface area contributed by atoms with Gasteiger partial charge < -0.3 is 4.57 Å². The molecule has 0 radical (unpaired) electrons. The first-order valence-corrected chi connectivity index (χ1v) is 10.2. The minimum atomic E-state index is -4.39. The predicted octanol–water partition coefficient (Wildman–Crippen LogP) is 5.60. The summed E-state index contributed by atoms with van der Waals surface area (Å²) >= 11 is 3.39. The van der Waals surface area contributed by atoms with Crippen molar-refractivity contribution in [3.63, 3.8) is 0 Å². The molecule has 8 heteroatoms. The maximum Gasteiger partial charge on any atom is 0.416 e. The fraction of sp³-hybridized carbons (Fsp3) is 0.381. The van der Waals surface area contributed by atoms with Gasteiger partial charge in [0.1, 0.15) is 10.4 Å². The SMILES string of the molecule is Cc1c(C(C)/N=c2\nc(C3CC3)n(C)c3cnc(Br)cc23)cccc1C(F)(F)F. The van der Waals surface area contributed by atoms with E-state index in [0.717, 1.165) is 35.6 Å². The highest BCUT2D eigenvalue weighted by Crippen LogP contribution is 2.39. The van der Waals surface area contributed by atoms with Gasteiger partial charge in [-0.2, -0.15) is 13.2 Å². The van der Waals surface area contributed by atoms with E-state index in [2.05, 4.69) is 20.9 Å². The zero-order chi connectivity index (χ0) is 20.9. The van der Waals surface area contributed by atoms with Crippen LogP contribution in [0, 0.1) is 6.92 Å². The highest BCUT2D eigenvalue weighted by molar-refractivity contribution is 9.10. The normalized spacial score (nSPS) is 16.4. The number of benzene rings is 1. The predicted molar refractivity (Wildman–Crippen MR) is 108 cm³/mol. The molecule has 1 aromatic carbocycles. The molecule has 29 heavy (non-hydrogen) atoms. The van der Waals surface area contributed by atoms with E-state index in [4.69, 9.17) is 9.98 Å². The van der Waals surface area contributed by atoms with Gasteiger partial charge in [0.2, 0.25) is 0 Å². The standard InChI is InChI=1S/C21H20BrF3N4/c1-11-14(5-4-6-16(11)21(23,24)25)12(2)27-19-15-9-18(22)26-10-17(15)29(3)20(28-19)13-7-8-13/h4-6,9-10,12-13H,7-8H2,1-3H3/b27-19-. The number of halogens is 4. The van der Waals surface area contributed by atoms with Crippen LogP contribution in [0.25, 0.3) is 10.9 Å². The molecule has 1 saturated carbocycles. The maximum absolute atomic E-state index is 13.3. The van der Waals surface area contributed by atoms with E-state index in [1.165, 1.54) is 13.0 Å². The summed E-state index contributed by atoms with van der Waals surface area (Å²) in [4.78, 5) is 13.9. The van der Waals surface area contributed by atoms with Crippen molar-refractivity contribution < 1.29 is 13.2 Å². The van der Waals surface area contributed by atoms with Crippen molar-refractivity contribution in [2.24, 2.45) is 12.0 Å². The van der Waals surface area contributed by atoms with Crippen LogP contribution in [0.15, 0.2) is 40.1 Å². The van der Waals surface area contributed by atoms with E-state index in [1.54, 1.807) is 19.2 Å². The van der Waals surface area contributed by atoms with Crippen LogP contribution in [0.4, 0.5) is 13.2 Å². The molecule has 152 valence electrons. The molecule has 2 heterocycles. The van der Waals surface area contributed by atoms with Gasteiger partial charge in [0.05, 0.1) is 23.3 Å². The second kappa shape index (κ2) is 7.23. The monoisotopic (exact) mass is 464 g/mol. The van der Waals surface area contributed by atoms with Crippen molar-refractivity contribution in [1.29, 1.82) is 0 Å². The van der Waals surface area contributed by atoms with Gasteiger partial charge >= 0.3 is 6.18 Å². The van der Waals surface area contributed by atoms with Gasteiger partial charge in [0, 0.05) is 18.4 Å². The Morgan fingerprint density at radius 3 is 2.66 bits per heavy atom. The Morgan fingerprint density at radius 2 is 2.00 bits per heavy atom. The van der Waals surface area contributed by atoms with Crippen molar-refractivity contribution in [3.8, 4) is 0 Å². The molecule has 1 unspecified atom stereocenters. The lowest BCUT2D eigenvalue weighted by Gasteiger charge is -2.17. The zero-order valence-electron chi connectivity index (χ0n) is 16.3. The van der Waals surface area contributed by atoms with Crippen LogP contribution in [0.2, 0.25) is 0 Å². The van der Waals surface area contributed by atoms with Crippen molar-refractivity contribution in [2.45, 2.75) is 44.8 Å². The number of pyridine rings is 1. The number of hydrogen-bond donors (Lipinski definition) is 0. The summed E-state index contributed by atoms with van der Waals surface area (Å²) in [7, 11) is 1.96. The minimum Gasteiger partial charge on any atom is -0.331 e. The van der Waals surface area contributed by atoms with Gasteiger partial charge in [0.15, 0.2) is 5.49 Å². The largest absolute Gasteiger partial charge is 0.416 e.